The number of carbonyl (C=O) groups is 2. The Hall–Kier alpha value is -1.92. The van der Waals surface area contributed by atoms with E-state index in [1.165, 1.54) is 0 Å². The Morgan fingerprint density at radius 2 is 1.89 bits per heavy atom. The molecule has 5 N–H and O–H groups in total. The minimum atomic E-state index is -1.35. The highest BCUT2D eigenvalue weighted by molar-refractivity contribution is 5.81. The molecule has 0 heterocycles. The molecular formula is C13H18N2O4. The van der Waals surface area contributed by atoms with Gasteiger partial charge >= 0.3 is 5.97 Å². The summed E-state index contributed by atoms with van der Waals surface area (Å²) in [4.78, 5) is 21.8. The lowest BCUT2D eigenvalue weighted by molar-refractivity contribution is -0.137. The second kappa shape index (κ2) is 7.50. The quantitative estimate of drug-likeness (QED) is 0.532. The van der Waals surface area contributed by atoms with Gasteiger partial charge < -0.3 is 21.3 Å². The second-order valence-corrected chi connectivity index (χ2v) is 4.23. The van der Waals surface area contributed by atoms with Gasteiger partial charge in [0.1, 0.15) is 6.10 Å². The molecule has 0 aliphatic heterocycles. The minimum Gasteiger partial charge on any atom is -0.481 e. The molecule has 0 aliphatic rings. The number of hydrogen-bond acceptors (Lipinski definition) is 4. The van der Waals surface area contributed by atoms with Gasteiger partial charge in [0.05, 0.1) is 6.42 Å². The molecule has 6 heteroatoms. The number of aliphatic carboxylic acids is 1. The normalized spacial score (nSPS) is 13.6. The fraction of sp³-hybridized carbons (Fsp3) is 0.385. The van der Waals surface area contributed by atoms with Crippen molar-refractivity contribution >= 4 is 11.9 Å². The van der Waals surface area contributed by atoms with Crippen LogP contribution in [0.1, 0.15) is 12.0 Å². The average Bonchev–Trinajstić information content (AvgIpc) is 2.38. The maximum absolute atomic E-state index is 11.5. The van der Waals surface area contributed by atoms with Crippen LogP contribution in [-0.4, -0.2) is 40.8 Å². The molecule has 0 bridgehead atoms. The molecule has 6 nitrogen and oxygen atoms in total. The maximum Gasteiger partial charge on any atom is 0.305 e. The molecule has 2 atom stereocenters. The van der Waals surface area contributed by atoms with Crippen molar-refractivity contribution in [2.45, 2.75) is 25.0 Å². The van der Waals surface area contributed by atoms with E-state index in [-0.39, 0.29) is 13.0 Å². The molecule has 0 saturated heterocycles. The Balaban J connectivity index is 2.41. The van der Waals surface area contributed by atoms with Gasteiger partial charge in [0.15, 0.2) is 0 Å². The molecular weight excluding hydrogens is 248 g/mol. The zero-order chi connectivity index (χ0) is 14.3. The van der Waals surface area contributed by atoms with Crippen LogP contribution in [0.3, 0.4) is 0 Å². The monoisotopic (exact) mass is 266 g/mol. The smallest absolute Gasteiger partial charge is 0.305 e. The Labute approximate surface area is 111 Å². The number of amides is 1. The zero-order valence-electron chi connectivity index (χ0n) is 10.5. The molecule has 1 aromatic carbocycles. The van der Waals surface area contributed by atoms with Crippen LogP contribution in [0.25, 0.3) is 0 Å². The number of nitrogens with two attached hydrogens (primary N) is 1. The van der Waals surface area contributed by atoms with Gasteiger partial charge in [-0.2, -0.15) is 0 Å². The molecule has 1 rings (SSSR count). The average molecular weight is 266 g/mol. The maximum atomic E-state index is 11.5. The number of nitrogens with one attached hydrogen (secondary N) is 1. The second-order valence-electron chi connectivity index (χ2n) is 4.23. The van der Waals surface area contributed by atoms with Gasteiger partial charge in [0.25, 0.3) is 0 Å². The highest BCUT2D eigenvalue weighted by atomic mass is 16.4. The van der Waals surface area contributed by atoms with Gasteiger partial charge in [-0.15, -0.1) is 0 Å². The SMILES string of the molecule is N[C@@H](Cc1ccccc1)[C@H](O)C(=O)NCCC(=O)O. The van der Waals surface area contributed by atoms with Gasteiger partial charge in [-0.3, -0.25) is 9.59 Å². The molecule has 0 fully saturated rings. The van der Waals surface area contributed by atoms with Crippen LogP contribution in [0.4, 0.5) is 0 Å². The predicted molar refractivity (Wildman–Crippen MR) is 69.4 cm³/mol. The van der Waals surface area contributed by atoms with Crippen LogP contribution >= 0.6 is 0 Å². The summed E-state index contributed by atoms with van der Waals surface area (Å²) in [5.41, 5.74) is 6.68. The number of carbonyl (C=O) groups excluding carboxylic acids is 1. The van der Waals surface area contributed by atoms with E-state index in [2.05, 4.69) is 5.32 Å². The van der Waals surface area contributed by atoms with Crippen molar-refractivity contribution in [3.05, 3.63) is 35.9 Å². The highest BCUT2D eigenvalue weighted by Crippen LogP contribution is 2.04. The number of carboxylic acids is 1. The summed E-state index contributed by atoms with van der Waals surface area (Å²) < 4.78 is 0. The van der Waals surface area contributed by atoms with Gasteiger partial charge in [-0.1, -0.05) is 30.3 Å². The Morgan fingerprint density at radius 1 is 1.26 bits per heavy atom. The van der Waals surface area contributed by atoms with Gasteiger partial charge in [0.2, 0.25) is 5.91 Å². The molecule has 0 unspecified atom stereocenters. The number of carboxylic acid groups (broad SMARTS) is 1. The van der Waals surface area contributed by atoms with Crippen molar-refractivity contribution in [2.75, 3.05) is 6.54 Å². The van der Waals surface area contributed by atoms with Crippen molar-refractivity contribution in [1.82, 2.24) is 5.32 Å². The molecule has 0 aliphatic carbocycles. The number of benzene rings is 1. The van der Waals surface area contributed by atoms with E-state index in [1.54, 1.807) is 0 Å². The fourth-order valence-electron chi connectivity index (χ4n) is 1.59. The van der Waals surface area contributed by atoms with Crippen LogP contribution in [-0.2, 0) is 16.0 Å². The lowest BCUT2D eigenvalue weighted by Crippen LogP contribution is -2.47. The number of rotatable bonds is 7. The highest BCUT2D eigenvalue weighted by Gasteiger charge is 2.22. The summed E-state index contributed by atoms with van der Waals surface area (Å²) in [5, 5.41) is 20.5. The topological polar surface area (TPSA) is 113 Å². The number of aliphatic hydroxyl groups excluding tert-OH is 1. The third kappa shape index (κ3) is 5.50. The van der Waals surface area contributed by atoms with Crippen molar-refractivity contribution in [2.24, 2.45) is 5.73 Å². The standard InChI is InChI=1S/C13H18N2O4/c14-10(8-9-4-2-1-3-5-9)12(18)13(19)15-7-6-11(16)17/h1-5,10,12,18H,6-8,14H2,(H,15,19)(H,16,17)/t10-,12-/m0/s1. The van der Waals surface area contributed by atoms with Crippen LogP contribution in [0.15, 0.2) is 30.3 Å². The van der Waals surface area contributed by atoms with E-state index in [4.69, 9.17) is 10.8 Å². The van der Waals surface area contributed by atoms with E-state index < -0.39 is 24.0 Å². The van der Waals surface area contributed by atoms with Crippen molar-refractivity contribution in [3.63, 3.8) is 0 Å². The van der Waals surface area contributed by atoms with Crippen LogP contribution in [0.2, 0.25) is 0 Å². The van der Waals surface area contributed by atoms with Crippen molar-refractivity contribution in [1.29, 1.82) is 0 Å². The van der Waals surface area contributed by atoms with E-state index in [9.17, 15) is 14.7 Å². The van der Waals surface area contributed by atoms with Gasteiger partial charge in [0, 0.05) is 12.6 Å². The Bertz CT molecular complexity index is 422. The third-order valence-electron chi connectivity index (χ3n) is 2.63. The predicted octanol–water partition coefficient (Wildman–Crippen LogP) is -0.492. The third-order valence-corrected chi connectivity index (χ3v) is 2.63. The molecule has 19 heavy (non-hydrogen) atoms. The number of aliphatic hydroxyl groups is 1. The van der Waals surface area contributed by atoms with E-state index >= 15 is 0 Å². The lowest BCUT2D eigenvalue weighted by Gasteiger charge is -2.18. The first-order valence-corrected chi connectivity index (χ1v) is 5.97. The summed E-state index contributed by atoms with van der Waals surface area (Å²) in [6.45, 7) is -0.0245. The summed E-state index contributed by atoms with van der Waals surface area (Å²) in [5.74, 6) is -1.66. The zero-order valence-corrected chi connectivity index (χ0v) is 10.5. The first-order valence-electron chi connectivity index (χ1n) is 5.97. The summed E-state index contributed by atoms with van der Waals surface area (Å²) in [6, 6.07) is 8.55. The van der Waals surface area contributed by atoms with Crippen LogP contribution in [0.5, 0.6) is 0 Å². The largest absolute Gasteiger partial charge is 0.481 e. The minimum absolute atomic E-state index is 0.0245. The lowest BCUT2D eigenvalue weighted by atomic mass is 10.0. The first kappa shape index (κ1) is 15.1. The van der Waals surface area contributed by atoms with Crippen LogP contribution < -0.4 is 11.1 Å². The van der Waals surface area contributed by atoms with E-state index in [0.29, 0.717) is 6.42 Å². The van der Waals surface area contributed by atoms with E-state index in [0.717, 1.165) is 5.56 Å². The first-order chi connectivity index (χ1) is 9.00. The number of hydrogen-bond donors (Lipinski definition) is 4. The van der Waals surface area contributed by atoms with Crippen LogP contribution in [0, 0.1) is 0 Å². The summed E-state index contributed by atoms with van der Waals surface area (Å²) in [6.07, 6.45) is -1.17. The van der Waals surface area contributed by atoms with E-state index in [1.807, 2.05) is 30.3 Å². The summed E-state index contributed by atoms with van der Waals surface area (Å²) >= 11 is 0. The van der Waals surface area contributed by atoms with Gasteiger partial charge in [-0.25, -0.2) is 0 Å². The molecule has 1 aromatic rings. The Morgan fingerprint density at radius 3 is 2.47 bits per heavy atom. The molecule has 0 saturated carbocycles. The molecule has 0 radical (unpaired) electrons. The van der Waals surface area contributed by atoms with Gasteiger partial charge in [-0.05, 0) is 12.0 Å². The molecule has 104 valence electrons. The molecule has 1 amide bonds. The molecule has 0 aromatic heterocycles. The molecule has 0 spiro atoms. The fourth-order valence-corrected chi connectivity index (χ4v) is 1.59. The summed E-state index contributed by atoms with van der Waals surface area (Å²) in [7, 11) is 0. The Kier molecular flexibility index (Phi) is 5.98. The van der Waals surface area contributed by atoms with Crippen molar-refractivity contribution in [3.8, 4) is 0 Å². The van der Waals surface area contributed by atoms with Crippen molar-refractivity contribution < 1.29 is 19.8 Å².